The quantitative estimate of drug-likeness (QED) is 0.885. The van der Waals surface area contributed by atoms with Gasteiger partial charge in [-0.1, -0.05) is 23.7 Å². The molecule has 1 aromatic carbocycles. The zero-order valence-electron chi connectivity index (χ0n) is 10.4. The maximum absolute atomic E-state index is 12.0. The highest BCUT2D eigenvalue weighted by atomic mass is 35.5. The van der Waals surface area contributed by atoms with E-state index in [1.165, 1.54) is 11.3 Å². The van der Waals surface area contributed by atoms with Crippen molar-refractivity contribution in [1.82, 2.24) is 0 Å². The number of carbonyl (C=O) groups is 2. The molecule has 4 nitrogen and oxygen atoms in total. The summed E-state index contributed by atoms with van der Waals surface area (Å²) in [6.45, 7) is 0. The molecular formula is C14H12ClNO3S. The SMILES string of the molecule is O=C(O)CCc1cccc(NC(=O)c2ccc(Cl)s2)c1. The number of rotatable bonds is 5. The van der Waals surface area contributed by atoms with Crippen molar-refractivity contribution in [3.05, 3.63) is 51.2 Å². The smallest absolute Gasteiger partial charge is 0.303 e. The van der Waals surface area contributed by atoms with E-state index >= 15 is 0 Å². The van der Waals surface area contributed by atoms with Gasteiger partial charge in [0, 0.05) is 12.1 Å². The zero-order chi connectivity index (χ0) is 14.5. The summed E-state index contributed by atoms with van der Waals surface area (Å²) in [5.41, 5.74) is 1.51. The zero-order valence-corrected chi connectivity index (χ0v) is 12.0. The molecule has 104 valence electrons. The highest BCUT2D eigenvalue weighted by molar-refractivity contribution is 7.18. The van der Waals surface area contributed by atoms with Crippen molar-refractivity contribution < 1.29 is 14.7 Å². The Labute approximate surface area is 125 Å². The van der Waals surface area contributed by atoms with Gasteiger partial charge in [0.15, 0.2) is 0 Å². The standard InChI is InChI=1S/C14H12ClNO3S/c15-12-6-5-11(20-12)14(19)16-10-3-1-2-9(8-10)4-7-13(17)18/h1-3,5-6,8H,4,7H2,(H,16,19)(H,17,18). The van der Waals surface area contributed by atoms with Crippen LogP contribution in [0, 0.1) is 0 Å². The molecule has 0 aliphatic heterocycles. The number of aryl methyl sites for hydroxylation is 1. The Morgan fingerprint density at radius 3 is 2.70 bits per heavy atom. The van der Waals surface area contributed by atoms with Crippen molar-refractivity contribution in [2.75, 3.05) is 5.32 Å². The van der Waals surface area contributed by atoms with E-state index in [2.05, 4.69) is 5.32 Å². The summed E-state index contributed by atoms with van der Waals surface area (Å²) in [4.78, 5) is 23.0. The largest absolute Gasteiger partial charge is 0.481 e. The number of anilines is 1. The van der Waals surface area contributed by atoms with Crippen LogP contribution in [0.2, 0.25) is 4.34 Å². The highest BCUT2D eigenvalue weighted by Crippen LogP contribution is 2.22. The van der Waals surface area contributed by atoms with Crippen LogP contribution in [0.1, 0.15) is 21.7 Å². The van der Waals surface area contributed by atoms with Crippen LogP contribution in [0.5, 0.6) is 0 Å². The molecule has 2 rings (SSSR count). The number of thiophene rings is 1. The van der Waals surface area contributed by atoms with Gasteiger partial charge in [0.05, 0.1) is 9.21 Å². The van der Waals surface area contributed by atoms with Crippen LogP contribution in [-0.2, 0) is 11.2 Å². The van der Waals surface area contributed by atoms with Gasteiger partial charge < -0.3 is 10.4 Å². The number of nitrogens with one attached hydrogen (secondary N) is 1. The third kappa shape index (κ3) is 4.08. The first-order valence-corrected chi connectivity index (χ1v) is 7.11. The average molecular weight is 310 g/mol. The normalized spacial score (nSPS) is 10.2. The minimum Gasteiger partial charge on any atom is -0.481 e. The van der Waals surface area contributed by atoms with Gasteiger partial charge in [-0.05, 0) is 36.2 Å². The van der Waals surface area contributed by atoms with Crippen LogP contribution in [0.3, 0.4) is 0 Å². The second kappa shape index (κ2) is 6.54. The Kier molecular flexibility index (Phi) is 4.76. The molecule has 0 spiro atoms. The van der Waals surface area contributed by atoms with Crippen molar-refractivity contribution >= 4 is 40.5 Å². The molecule has 2 N–H and O–H groups in total. The van der Waals surface area contributed by atoms with Gasteiger partial charge in [-0.15, -0.1) is 11.3 Å². The monoisotopic (exact) mass is 309 g/mol. The van der Waals surface area contributed by atoms with Crippen LogP contribution in [0.15, 0.2) is 36.4 Å². The Morgan fingerprint density at radius 1 is 1.25 bits per heavy atom. The van der Waals surface area contributed by atoms with Gasteiger partial charge in [-0.2, -0.15) is 0 Å². The molecule has 0 saturated carbocycles. The molecule has 0 radical (unpaired) electrons. The molecule has 1 aromatic heterocycles. The van der Waals surface area contributed by atoms with Crippen LogP contribution >= 0.6 is 22.9 Å². The van der Waals surface area contributed by atoms with Gasteiger partial charge in [0.25, 0.3) is 5.91 Å². The summed E-state index contributed by atoms with van der Waals surface area (Å²) in [5, 5.41) is 11.4. The first kappa shape index (κ1) is 14.6. The third-order valence-electron chi connectivity index (χ3n) is 2.61. The molecular weight excluding hydrogens is 298 g/mol. The topological polar surface area (TPSA) is 66.4 Å². The summed E-state index contributed by atoms with van der Waals surface area (Å²) < 4.78 is 0.561. The fourth-order valence-electron chi connectivity index (χ4n) is 1.68. The molecule has 0 bridgehead atoms. The molecule has 2 aromatic rings. The number of aliphatic carboxylic acids is 1. The maximum atomic E-state index is 12.0. The molecule has 1 heterocycles. The number of carboxylic acid groups (broad SMARTS) is 1. The van der Waals surface area contributed by atoms with Gasteiger partial charge in [0.1, 0.15) is 0 Å². The minimum atomic E-state index is -0.840. The van der Waals surface area contributed by atoms with Crippen LogP contribution in [0.4, 0.5) is 5.69 Å². The van der Waals surface area contributed by atoms with E-state index in [1.54, 1.807) is 30.3 Å². The molecule has 0 unspecified atom stereocenters. The van der Waals surface area contributed by atoms with Crippen molar-refractivity contribution in [2.24, 2.45) is 0 Å². The summed E-state index contributed by atoms with van der Waals surface area (Å²) >= 11 is 7.00. The number of carbonyl (C=O) groups excluding carboxylic acids is 1. The first-order chi connectivity index (χ1) is 9.54. The van der Waals surface area contributed by atoms with Gasteiger partial charge >= 0.3 is 5.97 Å². The van der Waals surface area contributed by atoms with Crippen molar-refractivity contribution in [1.29, 1.82) is 0 Å². The lowest BCUT2D eigenvalue weighted by molar-refractivity contribution is -0.136. The van der Waals surface area contributed by atoms with E-state index < -0.39 is 5.97 Å². The number of halogens is 1. The average Bonchev–Trinajstić information content (AvgIpc) is 2.84. The number of hydrogen-bond acceptors (Lipinski definition) is 3. The molecule has 0 saturated heterocycles. The second-order valence-electron chi connectivity index (χ2n) is 4.15. The summed E-state index contributed by atoms with van der Waals surface area (Å²) in [6.07, 6.45) is 0.502. The molecule has 6 heteroatoms. The lowest BCUT2D eigenvalue weighted by Crippen LogP contribution is -2.10. The molecule has 0 fully saturated rings. The van der Waals surface area contributed by atoms with E-state index in [1.807, 2.05) is 6.07 Å². The van der Waals surface area contributed by atoms with E-state index in [0.717, 1.165) is 5.56 Å². The van der Waals surface area contributed by atoms with E-state index in [4.69, 9.17) is 16.7 Å². The van der Waals surface area contributed by atoms with E-state index in [0.29, 0.717) is 21.3 Å². The van der Waals surface area contributed by atoms with Crippen molar-refractivity contribution in [2.45, 2.75) is 12.8 Å². The Bertz CT molecular complexity index is 639. The molecule has 20 heavy (non-hydrogen) atoms. The predicted octanol–water partition coefficient (Wildman–Crippen LogP) is 3.67. The first-order valence-electron chi connectivity index (χ1n) is 5.92. The minimum absolute atomic E-state index is 0.0674. The predicted molar refractivity (Wildman–Crippen MR) is 79.7 cm³/mol. The van der Waals surface area contributed by atoms with Crippen molar-refractivity contribution in [3.63, 3.8) is 0 Å². The van der Waals surface area contributed by atoms with Gasteiger partial charge in [-0.25, -0.2) is 0 Å². The molecule has 0 aliphatic carbocycles. The van der Waals surface area contributed by atoms with Crippen LogP contribution in [-0.4, -0.2) is 17.0 Å². The van der Waals surface area contributed by atoms with Crippen molar-refractivity contribution in [3.8, 4) is 0 Å². The van der Waals surface area contributed by atoms with Crippen LogP contribution < -0.4 is 5.32 Å². The maximum Gasteiger partial charge on any atom is 0.303 e. The number of carboxylic acids is 1. The Hall–Kier alpha value is -1.85. The number of amides is 1. The van der Waals surface area contributed by atoms with E-state index in [-0.39, 0.29) is 12.3 Å². The van der Waals surface area contributed by atoms with E-state index in [9.17, 15) is 9.59 Å². The highest BCUT2D eigenvalue weighted by Gasteiger charge is 2.09. The summed E-state index contributed by atoms with van der Waals surface area (Å²) in [7, 11) is 0. The number of hydrogen-bond donors (Lipinski definition) is 2. The summed E-state index contributed by atoms with van der Waals surface area (Å²) in [5.74, 6) is -1.06. The molecule has 1 amide bonds. The van der Waals surface area contributed by atoms with Crippen LogP contribution in [0.25, 0.3) is 0 Å². The Balaban J connectivity index is 2.04. The fraction of sp³-hybridized carbons (Fsp3) is 0.143. The second-order valence-corrected chi connectivity index (χ2v) is 5.87. The molecule has 0 aliphatic rings. The fourth-order valence-corrected chi connectivity index (χ4v) is 2.62. The third-order valence-corrected chi connectivity index (χ3v) is 3.84. The van der Waals surface area contributed by atoms with Gasteiger partial charge in [-0.3, -0.25) is 9.59 Å². The lowest BCUT2D eigenvalue weighted by atomic mass is 10.1. The Morgan fingerprint density at radius 2 is 2.05 bits per heavy atom. The number of benzene rings is 1. The summed E-state index contributed by atoms with van der Waals surface area (Å²) in [6, 6.07) is 10.5. The molecule has 0 atom stereocenters. The van der Waals surface area contributed by atoms with Gasteiger partial charge in [0.2, 0.25) is 0 Å². The lowest BCUT2D eigenvalue weighted by Gasteiger charge is -2.06.